The Morgan fingerprint density at radius 3 is 1.28 bits per heavy atom. The molecule has 0 atom stereocenters. The molecule has 0 saturated carbocycles. The molecule has 5 aromatic rings. The summed E-state index contributed by atoms with van der Waals surface area (Å²) in [5.74, 6) is -0.541. The number of fused-ring (bicyclic) bond motifs is 3. The monoisotopic (exact) mass is 386 g/mol. The maximum absolute atomic E-state index is 13.1. The molecule has 0 unspecified atom stereocenters. The molecule has 1 heterocycles. The van der Waals surface area contributed by atoms with Crippen LogP contribution in [0.15, 0.2) is 89.3 Å². The zero-order valence-electron chi connectivity index (χ0n) is 15.2. The molecule has 0 fully saturated rings. The highest BCUT2D eigenvalue weighted by atomic mass is 19.1. The van der Waals surface area contributed by atoms with Gasteiger partial charge in [-0.1, -0.05) is 0 Å². The van der Waals surface area contributed by atoms with Crippen molar-refractivity contribution in [1.82, 2.24) is 0 Å². The van der Waals surface area contributed by atoms with E-state index in [1.165, 1.54) is 24.3 Å². The van der Waals surface area contributed by atoms with Crippen LogP contribution in [-0.4, -0.2) is 0 Å². The Balaban J connectivity index is 1.50. The van der Waals surface area contributed by atoms with Crippen molar-refractivity contribution in [3.63, 3.8) is 0 Å². The van der Waals surface area contributed by atoms with Gasteiger partial charge in [-0.05, 0) is 84.9 Å². The Morgan fingerprint density at radius 1 is 0.483 bits per heavy atom. The van der Waals surface area contributed by atoms with E-state index in [0.29, 0.717) is 0 Å². The Bertz CT molecular complexity index is 1210. The molecule has 3 nitrogen and oxygen atoms in total. The molecule has 0 aliphatic carbocycles. The lowest BCUT2D eigenvalue weighted by Crippen LogP contribution is -1.90. The van der Waals surface area contributed by atoms with Crippen molar-refractivity contribution in [2.24, 2.45) is 0 Å². The van der Waals surface area contributed by atoms with Crippen LogP contribution in [0.5, 0.6) is 0 Å². The number of hydrogen-bond acceptors (Lipinski definition) is 3. The van der Waals surface area contributed by atoms with Gasteiger partial charge in [0.2, 0.25) is 0 Å². The van der Waals surface area contributed by atoms with Crippen LogP contribution >= 0.6 is 0 Å². The molecule has 0 saturated heterocycles. The van der Waals surface area contributed by atoms with E-state index >= 15 is 0 Å². The fraction of sp³-hybridized carbons (Fsp3) is 0. The normalized spacial score (nSPS) is 11.1. The van der Waals surface area contributed by atoms with E-state index in [4.69, 9.17) is 4.42 Å². The van der Waals surface area contributed by atoms with Crippen molar-refractivity contribution in [3.8, 4) is 0 Å². The molecule has 0 amide bonds. The van der Waals surface area contributed by atoms with Crippen molar-refractivity contribution in [3.05, 3.63) is 96.6 Å². The minimum Gasteiger partial charge on any atom is -0.456 e. The average Bonchev–Trinajstić information content (AvgIpc) is 3.09. The Hall–Kier alpha value is -3.86. The molecule has 1 aromatic heterocycles. The van der Waals surface area contributed by atoms with Gasteiger partial charge in [-0.15, -0.1) is 0 Å². The molecule has 0 aliphatic heterocycles. The van der Waals surface area contributed by atoms with E-state index in [0.717, 1.165) is 44.7 Å². The zero-order chi connectivity index (χ0) is 19.8. The van der Waals surface area contributed by atoms with E-state index in [-0.39, 0.29) is 11.6 Å². The van der Waals surface area contributed by atoms with Gasteiger partial charge in [0, 0.05) is 33.5 Å². The molecule has 2 N–H and O–H groups in total. The molecular formula is C24H16F2N2O. The van der Waals surface area contributed by atoms with Crippen molar-refractivity contribution < 1.29 is 13.2 Å². The summed E-state index contributed by atoms with van der Waals surface area (Å²) in [5.41, 5.74) is 4.93. The van der Waals surface area contributed by atoms with E-state index in [1.54, 1.807) is 24.3 Å². The highest BCUT2D eigenvalue weighted by Crippen LogP contribution is 2.34. The molecule has 5 rings (SSSR count). The first-order chi connectivity index (χ1) is 14.1. The lowest BCUT2D eigenvalue weighted by molar-refractivity contribution is 0.627. The van der Waals surface area contributed by atoms with Crippen LogP contribution in [-0.2, 0) is 0 Å². The van der Waals surface area contributed by atoms with Crippen LogP contribution in [0.4, 0.5) is 31.5 Å². The number of rotatable bonds is 4. The molecule has 5 heteroatoms. The second-order valence-corrected chi connectivity index (χ2v) is 6.79. The van der Waals surface area contributed by atoms with Gasteiger partial charge in [0.1, 0.15) is 22.8 Å². The predicted octanol–water partition coefficient (Wildman–Crippen LogP) is 7.35. The van der Waals surface area contributed by atoms with Gasteiger partial charge in [-0.2, -0.15) is 0 Å². The third kappa shape index (κ3) is 3.50. The number of benzene rings is 4. The van der Waals surface area contributed by atoms with Gasteiger partial charge < -0.3 is 15.1 Å². The summed E-state index contributed by atoms with van der Waals surface area (Å²) < 4.78 is 32.2. The van der Waals surface area contributed by atoms with Gasteiger partial charge in [-0.3, -0.25) is 0 Å². The summed E-state index contributed by atoms with van der Waals surface area (Å²) in [5, 5.41) is 8.49. The van der Waals surface area contributed by atoms with E-state index < -0.39 is 0 Å². The number of halogens is 2. The standard InChI is InChI=1S/C24H16F2N2O/c25-15-1-5-17(6-2-15)27-19-9-11-23-21(13-19)22-14-20(10-12-24(22)29-23)28-18-7-3-16(26)4-8-18/h1-14,27-28H. The second kappa shape index (κ2) is 6.95. The van der Waals surface area contributed by atoms with Gasteiger partial charge in [0.05, 0.1) is 0 Å². The number of hydrogen-bond donors (Lipinski definition) is 2. The first kappa shape index (κ1) is 17.3. The predicted molar refractivity (Wildman–Crippen MR) is 113 cm³/mol. The van der Waals surface area contributed by atoms with Crippen molar-refractivity contribution >= 4 is 44.7 Å². The lowest BCUT2D eigenvalue weighted by atomic mass is 10.1. The van der Waals surface area contributed by atoms with Crippen molar-refractivity contribution in [2.45, 2.75) is 0 Å². The molecule has 142 valence electrons. The zero-order valence-corrected chi connectivity index (χ0v) is 15.2. The summed E-state index contributed by atoms with van der Waals surface area (Å²) in [6.45, 7) is 0. The molecule has 0 bridgehead atoms. The number of furan rings is 1. The van der Waals surface area contributed by atoms with Gasteiger partial charge in [-0.25, -0.2) is 8.78 Å². The third-order valence-electron chi connectivity index (χ3n) is 4.74. The van der Waals surface area contributed by atoms with Crippen LogP contribution in [0.25, 0.3) is 21.9 Å². The first-order valence-electron chi connectivity index (χ1n) is 9.16. The Labute approximate surface area is 165 Å². The lowest BCUT2D eigenvalue weighted by Gasteiger charge is -2.07. The Kier molecular flexibility index (Phi) is 4.13. The van der Waals surface area contributed by atoms with Crippen LogP contribution in [0.3, 0.4) is 0 Å². The van der Waals surface area contributed by atoms with Gasteiger partial charge in [0.15, 0.2) is 0 Å². The van der Waals surface area contributed by atoms with Gasteiger partial charge in [0.25, 0.3) is 0 Å². The Morgan fingerprint density at radius 2 is 0.862 bits per heavy atom. The molecule has 0 spiro atoms. The molecule has 0 radical (unpaired) electrons. The smallest absolute Gasteiger partial charge is 0.135 e. The van der Waals surface area contributed by atoms with E-state index in [2.05, 4.69) is 10.6 Å². The number of anilines is 4. The minimum absolute atomic E-state index is 0.270. The topological polar surface area (TPSA) is 37.2 Å². The van der Waals surface area contributed by atoms with Crippen LogP contribution in [0, 0.1) is 11.6 Å². The summed E-state index contributed by atoms with van der Waals surface area (Å²) in [6, 6.07) is 24.1. The maximum atomic E-state index is 13.1. The largest absolute Gasteiger partial charge is 0.456 e. The molecule has 29 heavy (non-hydrogen) atoms. The van der Waals surface area contributed by atoms with E-state index in [9.17, 15) is 8.78 Å². The van der Waals surface area contributed by atoms with E-state index in [1.807, 2.05) is 36.4 Å². The SMILES string of the molecule is Fc1ccc(Nc2ccc3oc4ccc(Nc5ccc(F)cc5)cc4c3c2)cc1. The summed E-state index contributed by atoms with van der Waals surface area (Å²) >= 11 is 0. The molecule has 4 aromatic carbocycles. The minimum atomic E-state index is -0.270. The van der Waals surface area contributed by atoms with Crippen molar-refractivity contribution in [2.75, 3.05) is 10.6 Å². The molecular weight excluding hydrogens is 370 g/mol. The van der Waals surface area contributed by atoms with Crippen LogP contribution in [0.1, 0.15) is 0 Å². The van der Waals surface area contributed by atoms with Crippen LogP contribution in [0.2, 0.25) is 0 Å². The summed E-state index contributed by atoms with van der Waals surface area (Å²) in [4.78, 5) is 0. The quantitative estimate of drug-likeness (QED) is 0.339. The maximum Gasteiger partial charge on any atom is 0.135 e. The fourth-order valence-electron chi connectivity index (χ4n) is 3.33. The van der Waals surface area contributed by atoms with Crippen molar-refractivity contribution in [1.29, 1.82) is 0 Å². The number of nitrogens with one attached hydrogen (secondary N) is 2. The second-order valence-electron chi connectivity index (χ2n) is 6.79. The van der Waals surface area contributed by atoms with Gasteiger partial charge >= 0.3 is 0 Å². The highest BCUT2D eigenvalue weighted by Gasteiger charge is 2.09. The third-order valence-corrected chi connectivity index (χ3v) is 4.74. The highest BCUT2D eigenvalue weighted by molar-refractivity contribution is 6.07. The molecule has 0 aliphatic rings. The summed E-state index contributed by atoms with van der Waals surface area (Å²) in [7, 11) is 0. The first-order valence-corrected chi connectivity index (χ1v) is 9.16. The fourth-order valence-corrected chi connectivity index (χ4v) is 3.33. The summed E-state index contributed by atoms with van der Waals surface area (Å²) in [6.07, 6.45) is 0. The average molecular weight is 386 g/mol. The van der Waals surface area contributed by atoms with Crippen LogP contribution < -0.4 is 10.6 Å².